The molecular formula is C15H12F3N5O2. The second-order valence-corrected chi connectivity index (χ2v) is 5.04. The van der Waals surface area contributed by atoms with Gasteiger partial charge in [-0.2, -0.15) is 22.8 Å². The number of rotatable bonds is 4. The van der Waals surface area contributed by atoms with Gasteiger partial charge in [-0.25, -0.2) is 0 Å². The molecule has 0 atom stereocenters. The molecule has 0 unspecified atom stereocenters. The lowest BCUT2D eigenvalue weighted by Gasteiger charge is -2.11. The normalized spacial score (nSPS) is 11.5. The van der Waals surface area contributed by atoms with E-state index in [0.717, 1.165) is 0 Å². The van der Waals surface area contributed by atoms with Crippen LogP contribution in [0.1, 0.15) is 10.5 Å². The van der Waals surface area contributed by atoms with E-state index in [4.69, 9.17) is 4.74 Å². The summed E-state index contributed by atoms with van der Waals surface area (Å²) in [5, 5.41) is 13.4. The number of alkyl halides is 3. The van der Waals surface area contributed by atoms with Gasteiger partial charge in [0.25, 0.3) is 5.91 Å². The summed E-state index contributed by atoms with van der Waals surface area (Å²) in [7, 11) is 1.48. The summed E-state index contributed by atoms with van der Waals surface area (Å²) in [5.74, 6) is -0.440. The van der Waals surface area contributed by atoms with Crippen molar-refractivity contribution in [3.63, 3.8) is 0 Å². The monoisotopic (exact) mass is 351 g/mol. The number of aromatic nitrogens is 4. The first-order chi connectivity index (χ1) is 11.9. The number of ether oxygens (including phenoxy) is 1. The number of carbonyl (C=O) groups is 1. The number of hydrogen-bond donors (Lipinski definition) is 1. The zero-order valence-corrected chi connectivity index (χ0v) is 12.9. The van der Waals surface area contributed by atoms with Gasteiger partial charge in [0.1, 0.15) is 24.3 Å². The summed E-state index contributed by atoms with van der Waals surface area (Å²) in [6.45, 7) is -1.45. The number of hydrogen-bond acceptors (Lipinski definition) is 5. The Morgan fingerprint density at radius 2 is 2.04 bits per heavy atom. The first-order valence-corrected chi connectivity index (χ1v) is 7.08. The summed E-state index contributed by atoms with van der Waals surface area (Å²) in [5.41, 5.74) is 1.21. The van der Waals surface area contributed by atoms with Crippen LogP contribution in [0.5, 0.6) is 5.75 Å². The number of amides is 1. The van der Waals surface area contributed by atoms with Crippen LogP contribution in [-0.4, -0.2) is 45.5 Å². The summed E-state index contributed by atoms with van der Waals surface area (Å²) in [6, 6.07) is 8.33. The van der Waals surface area contributed by atoms with E-state index in [1.54, 1.807) is 29.6 Å². The van der Waals surface area contributed by atoms with Crippen molar-refractivity contribution in [2.45, 2.75) is 6.18 Å². The minimum atomic E-state index is -4.51. The molecule has 130 valence electrons. The minimum Gasteiger partial charge on any atom is -0.496 e. The number of methoxy groups -OCH3 is 1. The van der Waals surface area contributed by atoms with Crippen LogP contribution in [0.4, 0.5) is 13.2 Å². The van der Waals surface area contributed by atoms with E-state index in [9.17, 15) is 18.0 Å². The van der Waals surface area contributed by atoms with Gasteiger partial charge in [-0.1, -0.05) is 18.2 Å². The maximum Gasteiger partial charge on any atom is 0.405 e. The molecule has 0 saturated heterocycles. The number of nitrogens with zero attached hydrogens (tertiary/aromatic N) is 4. The van der Waals surface area contributed by atoms with Gasteiger partial charge in [0.2, 0.25) is 0 Å². The van der Waals surface area contributed by atoms with Crippen LogP contribution in [0.2, 0.25) is 0 Å². The SMILES string of the molecule is COc1ccccc1-c1cc(C(=O)NCC(F)(F)F)nn2cnnc12. The first kappa shape index (κ1) is 16.7. The lowest BCUT2D eigenvalue weighted by molar-refractivity contribution is -0.123. The quantitative estimate of drug-likeness (QED) is 0.778. The van der Waals surface area contributed by atoms with Crippen LogP contribution in [0.25, 0.3) is 16.8 Å². The Balaban J connectivity index is 2.07. The molecule has 10 heteroatoms. The van der Waals surface area contributed by atoms with Crippen molar-refractivity contribution in [2.24, 2.45) is 0 Å². The number of halogens is 3. The molecule has 0 spiro atoms. The van der Waals surface area contributed by atoms with E-state index >= 15 is 0 Å². The van der Waals surface area contributed by atoms with Crippen molar-refractivity contribution < 1.29 is 22.7 Å². The molecule has 25 heavy (non-hydrogen) atoms. The second kappa shape index (κ2) is 6.38. The van der Waals surface area contributed by atoms with E-state index in [1.807, 2.05) is 0 Å². The number of carbonyl (C=O) groups excluding carboxylic acids is 1. The Bertz CT molecular complexity index is 923. The number of para-hydroxylation sites is 1. The number of benzene rings is 1. The van der Waals surface area contributed by atoms with E-state index < -0.39 is 18.6 Å². The smallest absolute Gasteiger partial charge is 0.405 e. The van der Waals surface area contributed by atoms with Gasteiger partial charge in [-0.15, -0.1) is 10.2 Å². The summed E-state index contributed by atoms with van der Waals surface area (Å²) >= 11 is 0. The van der Waals surface area contributed by atoms with Crippen molar-refractivity contribution >= 4 is 11.6 Å². The van der Waals surface area contributed by atoms with E-state index in [2.05, 4.69) is 15.3 Å². The van der Waals surface area contributed by atoms with Crippen LogP contribution in [-0.2, 0) is 0 Å². The lowest BCUT2D eigenvalue weighted by atomic mass is 10.1. The molecule has 1 amide bonds. The highest BCUT2D eigenvalue weighted by atomic mass is 19.4. The predicted molar refractivity (Wildman–Crippen MR) is 81.2 cm³/mol. The molecule has 7 nitrogen and oxygen atoms in total. The van der Waals surface area contributed by atoms with Crippen molar-refractivity contribution in [3.05, 3.63) is 42.4 Å². The molecular weight excluding hydrogens is 339 g/mol. The molecule has 1 aromatic carbocycles. The molecule has 0 fully saturated rings. The fourth-order valence-electron chi connectivity index (χ4n) is 2.27. The van der Waals surface area contributed by atoms with Crippen LogP contribution < -0.4 is 10.1 Å². The zero-order chi connectivity index (χ0) is 18.0. The molecule has 0 saturated carbocycles. The standard InChI is InChI=1S/C15H12F3N5O2/c1-25-12-5-3-2-4-9(12)10-6-11(14(24)19-7-15(16,17)18)22-23-8-20-21-13(10)23/h2-6,8H,7H2,1H3,(H,19,24). The van der Waals surface area contributed by atoms with Gasteiger partial charge < -0.3 is 10.1 Å². The summed E-state index contributed by atoms with van der Waals surface area (Å²) in [6.07, 6.45) is -3.25. The Kier molecular flexibility index (Phi) is 4.26. The van der Waals surface area contributed by atoms with E-state index in [0.29, 0.717) is 22.5 Å². The largest absolute Gasteiger partial charge is 0.496 e. The third kappa shape index (κ3) is 3.52. The van der Waals surface area contributed by atoms with Crippen LogP contribution >= 0.6 is 0 Å². The molecule has 0 aliphatic rings. The zero-order valence-electron chi connectivity index (χ0n) is 12.9. The van der Waals surface area contributed by atoms with Gasteiger partial charge in [-0.05, 0) is 12.1 Å². The highest BCUT2D eigenvalue weighted by Crippen LogP contribution is 2.32. The third-order valence-electron chi connectivity index (χ3n) is 3.35. The summed E-state index contributed by atoms with van der Waals surface area (Å²) < 4.78 is 43.4. The maximum atomic E-state index is 12.3. The molecule has 0 radical (unpaired) electrons. The van der Waals surface area contributed by atoms with Gasteiger partial charge in [0, 0.05) is 11.1 Å². The van der Waals surface area contributed by atoms with Crippen LogP contribution in [0.3, 0.4) is 0 Å². The fraction of sp³-hybridized carbons (Fsp3) is 0.200. The van der Waals surface area contributed by atoms with Crippen molar-refractivity contribution in [1.29, 1.82) is 0 Å². The van der Waals surface area contributed by atoms with Gasteiger partial charge >= 0.3 is 6.18 Å². The second-order valence-electron chi connectivity index (χ2n) is 5.04. The topological polar surface area (TPSA) is 81.4 Å². The van der Waals surface area contributed by atoms with E-state index in [1.165, 1.54) is 24.0 Å². The molecule has 1 N–H and O–H groups in total. The third-order valence-corrected chi connectivity index (χ3v) is 3.35. The van der Waals surface area contributed by atoms with Crippen LogP contribution in [0.15, 0.2) is 36.7 Å². The molecule has 0 aliphatic carbocycles. The lowest BCUT2D eigenvalue weighted by Crippen LogP contribution is -2.34. The Morgan fingerprint density at radius 1 is 1.28 bits per heavy atom. The first-order valence-electron chi connectivity index (χ1n) is 7.08. The fourth-order valence-corrected chi connectivity index (χ4v) is 2.27. The van der Waals surface area contributed by atoms with Crippen molar-refractivity contribution in [3.8, 4) is 16.9 Å². The van der Waals surface area contributed by atoms with E-state index in [-0.39, 0.29) is 5.69 Å². The number of nitrogens with one attached hydrogen (secondary N) is 1. The number of fused-ring (bicyclic) bond motifs is 1. The molecule has 0 bridgehead atoms. The molecule has 2 heterocycles. The van der Waals surface area contributed by atoms with Crippen molar-refractivity contribution in [1.82, 2.24) is 25.1 Å². The Morgan fingerprint density at radius 3 is 2.76 bits per heavy atom. The maximum absolute atomic E-state index is 12.3. The highest BCUT2D eigenvalue weighted by Gasteiger charge is 2.28. The Labute approximate surface area is 139 Å². The van der Waals surface area contributed by atoms with Crippen molar-refractivity contribution in [2.75, 3.05) is 13.7 Å². The summed E-state index contributed by atoms with van der Waals surface area (Å²) in [4.78, 5) is 12.0. The Hall–Kier alpha value is -3.17. The molecule has 3 aromatic rings. The minimum absolute atomic E-state index is 0.197. The molecule has 2 aromatic heterocycles. The highest BCUT2D eigenvalue weighted by molar-refractivity contribution is 5.95. The van der Waals surface area contributed by atoms with Gasteiger partial charge in [0.05, 0.1) is 7.11 Å². The molecule has 3 rings (SSSR count). The van der Waals surface area contributed by atoms with Crippen LogP contribution in [0, 0.1) is 0 Å². The molecule has 0 aliphatic heterocycles. The predicted octanol–water partition coefficient (Wildman–Crippen LogP) is 2.09. The van der Waals surface area contributed by atoms with Gasteiger partial charge in [-0.3, -0.25) is 4.79 Å². The average molecular weight is 351 g/mol. The average Bonchev–Trinajstić information content (AvgIpc) is 3.06. The van der Waals surface area contributed by atoms with Gasteiger partial charge in [0.15, 0.2) is 5.65 Å².